The molecule has 0 heterocycles. The highest BCUT2D eigenvalue weighted by Crippen LogP contribution is 2.38. The molecule has 0 aliphatic carbocycles. The molecule has 3 rings (SSSR count). The second-order valence-electron chi connectivity index (χ2n) is 7.70. The van der Waals surface area contributed by atoms with Gasteiger partial charge in [-0.1, -0.05) is 35.3 Å². The summed E-state index contributed by atoms with van der Waals surface area (Å²) >= 11 is 11.9. The van der Waals surface area contributed by atoms with Crippen molar-refractivity contribution in [1.29, 1.82) is 0 Å². The molecular formula is C27H26Cl2N2O7. The summed E-state index contributed by atoms with van der Waals surface area (Å²) in [6.07, 6.45) is 2.11. The second kappa shape index (κ2) is 14.1. The number of carbonyl (C=O) groups is 2. The molecule has 0 saturated carbocycles. The van der Waals surface area contributed by atoms with Gasteiger partial charge in [0, 0.05) is 11.4 Å². The molecule has 200 valence electrons. The number of ether oxygens (including phenoxy) is 5. The summed E-state index contributed by atoms with van der Waals surface area (Å²) in [6, 6.07) is 14.6. The normalized spacial score (nSPS) is 10.7. The van der Waals surface area contributed by atoms with Gasteiger partial charge in [0.2, 0.25) is 11.7 Å². The number of hydrazone groups is 1. The first-order valence-electron chi connectivity index (χ1n) is 11.4. The lowest BCUT2D eigenvalue weighted by Crippen LogP contribution is -2.18. The van der Waals surface area contributed by atoms with E-state index in [0.29, 0.717) is 51.6 Å². The molecule has 0 fully saturated rings. The fourth-order valence-corrected chi connectivity index (χ4v) is 3.73. The monoisotopic (exact) mass is 560 g/mol. The van der Waals surface area contributed by atoms with Crippen LogP contribution in [0.3, 0.4) is 0 Å². The molecule has 0 atom stereocenters. The van der Waals surface area contributed by atoms with Gasteiger partial charge in [-0.3, -0.25) is 4.79 Å². The molecule has 1 amide bonds. The third-order valence-electron chi connectivity index (χ3n) is 5.07. The van der Waals surface area contributed by atoms with E-state index in [1.807, 2.05) is 0 Å². The Morgan fingerprint density at radius 2 is 1.66 bits per heavy atom. The quantitative estimate of drug-likeness (QED) is 0.102. The van der Waals surface area contributed by atoms with E-state index in [4.69, 9.17) is 46.9 Å². The minimum atomic E-state index is -0.617. The van der Waals surface area contributed by atoms with E-state index in [1.165, 1.54) is 39.7 Å². The highest BCUT2D eigenvalue weighted by atomic mass is 35.5. The molecule has 0 aliphatic rings. The van der Waals surface area contributed by atoms with Crippen LogP contribution in [0.2, 0.25) is 10.0 Å². The van der Waals surface area contributed by atoms with Crippen LogP contribution in [0.4, 0.5) is 0 Å². The summed E-state index contributed by atoms with van der Waals surface area (Å²) in [4.78, 5) is 24.8. The van der Waals surface area contributed by atoms with Crippen LogP contribution < -0.4 is 29.1 Å². The van der Waals surface area contributed by atoms with Crippen LogP contribution in [-0.2, 0) is 4.79 Å². The number of benzene rings is 3. The molecule has 0 bridgehead atoms. The van der Waals surface area contributed by atoms with Crippen LogP contribution >= 0.6 is 23.2 Å². The summed E-state index contributed by atoms with van der Waals surface area (Å²) in [5, 5.41) is 4.88. The Morgan fingerprint density at radius 3 is 2.32 bits per heavy atom. The number of halogens is 2. The van der Waals surface area contributed by atoms with Crippen LogP contribution in [0.5, 0.6) is 28.7 Å². The zero-order chi connectivity index (χ0) is 27.5. The topological polar surface area (TPSA) is 105 Å². The van der Waals surface area contributed by atoms with Crippen LogP contribution in [0, 0.1) is 0 Å². The molecule has 38 heavy (non-hydrogen) atoms. The smallest absolute Gasteiger partial charge is 0.343 e. The van der Waals surface area contributed by atoms with Gasteiger partial charge in [0.1, 0.15) is 11.5 Å². The Kier molecular flexibility index (Phi) is 10.6. The third-order valence-corrected chi connectivity index (χ3v) is 5.60. The van der Waals surface area contributed by atoms with Gasteiger partial charge in [0.25, 0.3) is 0 Å². The zero-order valence-electron chi connectivity index (χ0n) is 21.0. The van der Waals surface area contributed by atoms with Crippen molar-refractivity contribution in [2.24, 2.45) is 5.10 Å². The fourth-order valence-electron chi connectivity index (χ4n) is 3.27. The molecule has 0 radical (unpaired) electrons. The molecular weight excluding hydrogens is 535 g/mol. The van der Waals surface area contributed by atoms with Gasteiger partial charge in [-0.05, 0) is 54.4 Å². The van der Waals surface area contributed by atoms with Crippen molar-refractivity contribution in [3.63, 3.8) is 0 Å². The lowest BCUT2D eigenvalue weighted by molar-refractivity contribution is -0.121. The van der Waals surface area contributed by atoms with E-state index in [9.17, 15) is 9.59 Å². The summed E-state index contributed by atoms with van der Waals surface area (Å²) in [6.45, 7) is 0.303. The van der Waals surface area contributed by atoms with Gasteiger partial charge in [0.15, 0.2) is 11.5 Å². The van der Waals surface area contributed by atoms with Crippen LogP contribution in [0.25, 0.3) is 0 Å². The first-order chi connectivity index (χ1) is 18.3. The van der Waals surface area contributed by atoms with Crippen molar-refractivity contribution >= 4 is 41.3 Å². The van der Waals surface area contributed by atoms with Crippen LogP contribution in [-0.4, -0.2) is 46.0 Å². The Bertz CT molecular complexity index is 1290. The summed E-state index contributed by atoms with van der Waals surface area (Å²) in [7, 11) is 4.39. The molecule has 11 heteroatoms. The SMILES string of the molecule is COc1cc(C(=O)Oc2cccc(/C=N/NC(=O)CCCOc3ccc(Cl)cc3Cl)c2)cc(OC)c1OC. The van der Waals surface area contributed by atoms with Gasteiger partial charge in [0.05, 0.1) is 44.7 Å². The number of rotatable bonds is 12. The number of hydrogen-bond donors (Lipinski definition) is 1. The fraction of sp³-hybridized carbons (Fsp3) is 0.222. The highest BCUT2D eigenvalue weighted by Gasteiger charge is 2.18. The lowest BCUT2D eigenvalue weighted by Gasteiger charge is -2.13. The molecule has 3 aromatic rings. The van der Waals surface area contributed by atoms with E-state index in [0.717, 1.165) is 0 Å². The number of carbonyl (C=O) groups excluding carboxylic acids is 2. The Balaban J connectivity index is 1.51. The number of hydrogen-bond acceptors (Lipinski definition) is 8. The largest absolute Gasteiger partial charge is 0.493 e. The molecule has 0 spiro atoms. The maximum Gasteiger partial charge on any atom is 0.343 e. The lowest BCUT2D eigenvalue weighted by atomic mass is 10.1. The Hall–Kier alpha value is -3.95. The number of methoxy groups -OCH3 is 3. The summed E-state index contributed by atoms with van der Waals surface area (Å²) in [5.74, 6) is 0.917. The number of amides is 1. The van der Waals surface area contributed by atoms with Crippen molar-refractivity contribution in [3.8, 4) is 28.7 Å². The van der Waals surface area contributed by atoms with Gasteiger partial charge < -0.3 is 23.7 Å². The van der Waals surface area contributed by atoms with E-state index in [2.05, 4.69) is 10.5 Å². The standard InChI is InChI=1S/C27H26Cl2N2O7/c1-34-23-13-18(14-24(35-2)26(23)36-3)27(33)38-20-7-4-6-17(12-20)16-30-31-25(32)8-5-11-37-22-10-9-19(28)15-21(22)29/h4,6-7,9-10,12-16H,5,8,11H2,1-3H3,(H,31,32)/b30-16+. The molecule has 3 aromatic carbocycles. The summed E-state index contributed by atoms with van der Waals surface area (Å²) < 4.78 is 26.9. The van der Waals surface area contributed by atoms with Crippen molar-refractivity contribution in [3.05, 3.63) is 75.8 Å². The average Bonchev–Trinajstić information content (AvgIpc) is 2.91. The molecule has 0 unspecified atom stereocenters. The minimum absolute atomic E-state index is 0.203. The molecule has 0 aliphatic heterocycles. The molecule has 1 N–H and O–H groups in total. The molecule has 9 nitrogen and oxygen atoms in total. The maximum atomic E-state index is 12.7. The Morgan fingerprint density at radius 1 is 0.921 bits per heavy atom. The van der Waals surface area contributed by atoms with E-state index in [-0.39, 0.29) is 23.6 Å². The van der Waals surface area contributed by atoms with Crippen LogP contribution in [0.1, 0.15) is 28.8 Å². The predicted octanol–water partition coefficient (Wildman–Crippen LogP) is 5.55. The number of esters is 1. The van der Waals surface area contributed by atoms with Crippen molar-refractivity contribution in [2.75, 3.05) is 27.9 Å². The zero-order valence-corrected chi connectivity index (χ0v) is 22.5. The van der Waals surface area contributed by atoms with E-state index in [1.54, 1.807) is 42.5 Å². The van der Waals surface area contributed by atoms with Crippen molar-refractivity contribution in [1.82, 2.24) is 5.43 Å². The van der Waals surface area contributed by atoms with Crippen molar-refractivity contribution < 1.29 is 33.3 Å². The maximum absolute atomic E-state index is 12.7. The van der Waals surface area contributed by atoms with E-state index < -0.39 is 5.97 Å². The van der Waals surface area contributed by atoms with Gasteiger partial charge >= 0.3 is 5.97 Å². The second-order valence-corrected chi connectivity index (χ2v) is 8.54. The van der Waals surface area contributed by atoms with Gasteiger partial charge in [-0.2, -0.15) is 5.10 Å². The number of nitrogens with zero attached hydrogens (tertiary/aromatic N) is 1. The molecule has 0 saturated heterocycles. The summed E-state index contributed by atoms with van der Waals surface area (Å²) in [5.41, 5.74) is 3.28. The highest BCUT2D eigenvalue weighted by molar-refractivity contribution is 6.35. The first kappa shape index (κ1) is 28.6. The predicted molar refractivity (Wildman–Crippen MR) is 144 cm³/mol. The molecule has 0 aromatic heterocycles. The van der Waals surface area contributed by atoms with Crippen LogP contribution in [0.15, 0.2) is 59.7 Å². The Labute approximate surface area is 230 Å². The van der Waals surface area contributed by atoms with E-state index >= 15 is 0 Å². The van der Waals surface area contributed by atoms with Gasteiger partial charge in [-0.15, -0.1) is 0 Å². The minimum Gasteiger partial charge on any atom is -0.493 e. The van der Waals surface area contributed by atoms with Crippen molar-refractivity contribution in [2.45, 2.75) is 12.8 Å². The number of nitrogens with one attached hydrogen (secondary N) is 1. The average molecular weight is 561 g/mol. The van der Waals surface area contributed by atoms with Gasteiger partial charge in [-0.25, -0.2) is 10.2 Å². The third kappa shape index (κ3) is 8.03. The first-order valence-corrected chi connectivity index (χ1v) is 12.1.